The predicted molar refractivity (Wildman–Crippen MR) is 89.6 cm³/mol. The average molecular weight is 304 g/mol. The van der Waals surface area contributed by atoms with Gasteiger partial charge >= 0.3 is 0 Å². The van der Waals surface area contributed by atoms with Crippen LogP contribution in [0.25, 0.3) is 0 Å². The van der Waals surface area contributed by atoms with Gasteiger partial charge in [-0.2, -0.15) is 0 Å². The van der Waals surface area contributed by atoms with Gasteiger partial charge in [0.25, 0.3) is 0 Å². The maximum atomic E-state index is 6.20. The lowest BCUT2D eigenvalue weighted by Gasteiger charge is -2.17. The number of pyridine rings is 1. The maximum absolute atomic E-state index is 6.20. The fourth-order valence-corrected chi connectivity index (χ4v) is 2.36. The lowest BCUT2D eigenvalue weighted by molar-refractivity contribution is 0.315. The Morgan fingerprint density at radius 1 is 1.10 bits per heavy atom. The summed E-state index contributed by atoms with van der Waals surface area (Å²) in [6.45, 7) is 4.71. The quantitative estimate of drug-likeness (QED) is 0.831. The van der Waals surface area contributed by atoms with E-state index < -0.39 is 0 Å². The van der Waals surface area contributed by atoms with Crippen molar-refractivity contribution in [3.05, 3.63) is 58.7 Å². The van der Waals surface area contributed by atoms with Crippen LogP contribution in [0.5, 0.6) is 0 Å². The smallest absolute Gasteiger partial charge is 0.126 e. The summed E-state index contributed by atoms with van der Waals surface area (Å²) in [6, 6.07) is 14.1. The third-order valence-electron chi connectivity index (χ3n) is 3.19. The van der Waals surface area contributed by atoms with Crippen molar-refractivity contribution in [2.45, 2.75) is 26.4 Å². The summed E-state index contributed by atoms with van der Waals surface area (Å²) in [6.07, 6.45) is 1.10. The lowest BCUT2D eigenvalue weighted by atomic mass is 10.2. The van der Waals surface area contributed by atoms with Crippen LogP contribution in [0.4, 0.5) is 5.82 Å². The Hall–Kier alpha value is -1.58. The number of hydrogen-bond acceptors (Lipinski definition) is 3. The first-order valence-corrected chi connectivity index (χ1v) is 7.68. The normalized spacial score (nSPS) is 10.9. The van der Waals surface area contributed by atoms with Crippen molar-refractivity contribution in [2.75, 3.05) is 18.9 Å². The molecular formula is C17H22ClN3. The first-order chi connectivity index (χ1) is 10.2. The molecule has 2 rings (SSSR count). The summed E-state index contributed by atoms with van der Waals surface area (Å²) >= 11 is 6.20. The monoisotopic (exact) mass is 303 g/mol. The molecule has 0 bridgehead atoms. The molecule has 0 aliphatic rings. The number of aromatic nitrogens is 1. The largest absolute Gasteiger partial charge is 0.370 e. The van der Waals surface area contributed by atoms with Gasteiger partial charge in [-0.25, -0.2) is 4.98 Å². The Bertz CT molecular complexity index is 571. The van der Waals surface area contributed by atoms with Gasteiger partial charge in [0.05, 0.1) is 5.69 Å². The molecule has 1 aromatic heterocycles. The maximum Gasteiger partial charge on any atom is 0.126 e. The third-order valence-corrected chi connectivity index (χ3v) is 3.56. The molecule has 0 saturated carbocycles. The van der Waals surface area contributed by atoms with Gasteiger partial charge in [0.15, 0.2) is 0 Å². The second-order valence-corrected chi connectivity index (χ2v) is 5.61. The highest BCUT2D eigenvalue weighted by Gasteiger charge is 2.06. The van der Waals surface area contributed by atoms with Gasteiger partial charge in [-0.3, -0.25) is 4.90 Å². The standard InChI is InChI=1S/C17H22ClN3/c1-3-11-19-17-10-6-8-15(20-17)13-21(2)12-14-7-4-5-9-16(14)18/h4-10H,3,11-13H2,1-2H3,(H,19,20). The van der Waals surface area contributed by atoms with Crippen molar-refractivity contribution < 1.29 is 0 Å². The summed E-state index contributed by atoms with van der Waals surface area (Å²) < 4.78 is 0. The number of benzene rings is 1. The van der Waals surface area contributed by atoms with E-state index in [1.54, 1.807) is 0 Å². The highest BCUT2D eigenvalue weighted by Crippen LogP contribution is 2.17. The second kappa shape index (κ2) is 8.01. The number of halogens is 1. The molecule has 0 unspecified atom stereocenters. The molecule has 0 aliphatic heterocycles. The van der Waals surface area contributed by atoms with Crippen LogP contribution in [0.15, 0.2) is 42.5 Å². The van der Waals surface area contributed by atoms with Crippen LogP contribution in [0.2, 0.25) is 5.02 Å². The number of rotatable bonds is 7. The molecule has 0 amide bonds. The van der Waals surface area contributed by atoms with E-state index >= 15 is 0 Å². The summed E-state index contributed by atoms with van der Waals surface area (Å²) in [5, 5.41) is 4.13. The molecule has 0 saturated heterocycles. The topological polar surface area (TPSA) is 28.2 Å². The highest BCUT2D eigenvalue weighted by molar-refractivity contribution is 6.31. The number of nitrogens with one attached hydrogen (secondary N) is 1. The molecule has 2 aromatic rings. The molecular weight excluding hydrogens is 282 g/mol. The van der Waals surface area contributed by atoms with Crippen molar-refractivity contribution in [1.29, 1.82) is 0 Å². The molecule has 3 nitrogen and oxygen atoms in total. The van der Waals surface area contributed by atoms with Crippen molar-refractivity contribution in [1.82, 2.24) is 9.88 Å². The minimum atomic E-state index is 0.798. The first-order valence-electron chi connectivity index (χ1n) is 7.30. The highest BCUT2D eigenvalue weighted by atomic mass is 35.5. The minimum Gasteiger partial charge on any atom is -0.370 e. The molecule has 0 spiro atoms. The van der Waals surface area contributed by atoms with E-state index in [4.69, 9.17) is 11.6 Å². The van der Waals surface area contributed by atoms with E-state index in [1.807, 2.05) is 30.3 Å². The van der Waals surface area contributed by atoms with Gasteiger partial charge in [-0.05, 0) is 37.2 Å². The molecule has 0 aliphatic carbocycles. The summed E-state index contributed by atoms with van der Waals surface area (Å²) in [5.41, 5.74) is 2.20. The van der Waals surface area contributed by atoms with Crippen LogP contribution in [0.1, 0.15) is 24.6 Å². The molecule has 0 atom stereocenters. The van der Waals surface area contributed by atoms with E-state index in [2.05, 4.69) is 41.3 Å². The Morgan fingerprint density at radius 3 is 2.67 bits per heavy atom. The van der Waals surface area contributed by atoms with Gasteiger partial charge in [-0.1, -0.05) is 42.8 Å². The Labute approximate surface area is 132 Å². The molecule has 0 fully saturated rings. The zero-order chi connectivity index (χ0) is 15.1. The number of nitrogens with zero attached hydrogens (tertiary/aromatic N) is 2. The Kier molecular flexibility index (Phi) is 6.03. The Morgan fingerprint density at radius 2 is 1.90 bits per heavy atom. The summed E-state index contributed by atoms with van der Waals surface area (Å²) in [5.74, 6) is 0.945. The van der Waals surface area contributed by atoms with Crippen molar-refractivity contribution in [3.8, 4) is 0 Å². The van der Waals surface area contributed by atoms with Gasteiger partial charge < -0.3 is 5.32 Å². The van der Waals surface area contributed by atoms with E-state index in [1.165, 1.54) is 0 Å². The molecule has 21 heavy (non-hydrogen) atoms. The van der Waals surface area contributed by atoms with Crippen LogP contribution in [-0.2, 0) is 13.1 Å². The van der Waals surface area contributed by atoms with E-state index in [0.29, 0.717) is 0 Å². The van der Waals surface area contributed by atoms with E-state index in [9.17, 15) is 0 Å². The number of anilines is 1. The predicted octanol–water partition coefficient (Wildman–Crippen LogP) is 4.19. The van der Waals surface area contributed by atoms with E-state index in [-0.39, 0.29) is 0 Å². The van der Waals surface area contributed by atoms with Crippen LogP contribution in [-0.4, -0.2) is 23.5 Å². The SMILES string of the molecule is CCCNc1cccc(CN(C)Cc2ccccc2Cl)n1. The molecule has 4 heteroatoms. The van der Waals surface area contributed by atoms with Gasteiger partial charge in [0.2, 0.25) is 0 Å². The Balaban J connectivity index is 1.96. The average Bonchev–Trinajstić information content (AvgIpc) is 2.48. The minimum absolute atomic E-state index is 0.798. The van der Waals surface area contributed by atoms with Crippen molar-refractivity contribution >= 4 is 17.4 Å². The lowest BCUT2D eigenvalue weighted by Crippen LogP contribution is -2.18. The summed E-state index contributed by atoms with van der Waals surface area (Å²) in [7, 11) is 2.08. The number of hydrogen-bond donors (Lipinski definition) is 1. The molecule has 1 heterocycles. The summed E-state index contributed by atoms with van der Waals surface area (Å²) in [4.78, 5) is 6.84. The third kappa shape index (κ3) is 5.03. The fraction of sp³-hybridized carbons (Fsp3) is 0.353. The first kappa shape index (κ1) is 15.8. The van der Waals surface area contributed by atoms with Gasteiger partial charge in [0.1, 0.15) is 5.82 Å². The second-order valence-electron chi connectivity index (χ2n) is 5.20. The van der Waals surface area contributed by atoms with Crippen LogP contribution < -0.4 is 5.32 Å². The van der Waals surface area contributed by atoms with Gasteiger partial charge in [0, 0.05) is 24.7 Å². The van der Waals surface area contributed by atoms with Crippen LogP contribution in [0, 0.1) is 0 Å². The van der Waals surface area contributed by atoms with Gasteiger partial charge in [-0.15, -0.1) is 0 Å². The van der Waals surface area contributed by atoms with Crippen LogP contribution >= 0.6 is 11.6 Å². The molecule has 1 aromatic carbocycles. The van der Waals surface area contributed by atoms with E-state index in [0.717, 1.165) is 48.2 Å². The fourth-order valence-electron chi connectivity index (χ4n) is 2.17. The zero-order valence-electron chi connectivity index (χ0n) is 12.6. The molecule has 112 valence electrons. The zero-order valence-corrected chi connectivity index (χ0v) is 13.4. The molecule has 1 N–H and O–H groups in total. The van der Waals surface area contributed by atoms with Crippen molar-refractivity contribution in [2.24, 2.45) is 0 Å². The van der Waals surface area contributed by atoms with Crippen LogP contribution in [0.3, 0.4) is 0 Å². The molecule has 0 radical (unpaired) electrons. The van der Waals surface area contributed by atoms with Crippen molar-refractivity contribution in [3.63, 3.8) is 0 Å².